The van der Waals surface area contributed by atoms with Gasteiger partial charge in [0.25, 0.3) is 0 Å². The molecule has 0 aromatic heterocycles. The first-order valence-electron chi connectivity index (χ1n) is 5.84. The van der Waals surface area contributed by atoms with Crippen molar-refractivity contribution in [1.82, 2.24) is 5.32 Å². The van der Waals surface area contributed by atoms with Crippen LogP contribution in [0.1, 0.15) is 51.9 Å². The molecule has 0 rings (SSSR count). The second-order valence-electron chi connectivity index (χ2n) is 3.83. The molecule has 0 amide bonds. The van der Waals surface area contributed by atoms with Crippen LogP contribution in [0, 0.1) is 0 Å². The van der Waals surface area contributed by atoms with Crippen LogP contribution < -0.4 is 5.32 Å². The van der Waals surface area contributed by atoms with E-state index >= 15 is 0 Å². The van der Waals surface area contributed by atoms with Crippen LogP contribution in [-0.2, 0) is 0 Å². The van der Waals surface area contributed by atoms with Crippen molar-refractivity contribution in [2.24, 2.45) is 0 Å². The van der Waals surface area contributed by atoms with Crippen molar-refractivity contribution in [3.63, 3.8) is 0 Å². The molecule has 0 spiro atoms. The van der Waals surface area contributed by atoms with Gasteiger partial charge in [-0.2, -0.15) is 0 Å². The van der Waals surface area contributed by atoms with Gasteiger partial charge < -0.3 is 10.4 Å². The van der Waals surface area contributed by atoms with Crippen LogP contribution in [0.5, 0.6) is 0 Å². The van der Waals surface area contributed by atoms with E-state index in [0.717, 1.165) is 25.9 Å². The highest BCUT2D eigenvalue weighted by Crippen LogP contribution is 2.07. The molecule has 0 radical (unpaired) electrons. The number of aliphatic hydroxyl groups is 1. The van der Waals surface area contributed by atoms with Gasteiger partial charge in [0.2, 0.25) is 0 Å². The topological polar surface area (TPSA) is 32.3 Å². The van der Waals surface area contributed by atoms with Crippen molar-refractivity contribution in [2.45, 2.75) is 51.9 Å². The Morgan fingerprint density at radius 3 is 2.36 bits per heavy atom. The van der Waals surface area contributed by atoms with Gasteiger partial charge in [0.05, 0.1) is 5.76 Å². The van der Waals surface area contributed by atoms with Gasteiger partial charge in [-0.1, -0.05) is 32.8 Å². The summed E-state index contributed by atoms with van der Waals surface area (Å²) in [7, 11) is 0. The van der Waals surface area contributed by atoms with Crippen molar-refractivity contribution in [3.8, 4) is 0 Å². The van der Waals surface area contributed by atoms with Gasteiger partial charge in [-0.05, 0) is 32.4 Å². The second kappa shape index (κ2) is 10.6. The summed E-state index contributed by atoms with van der Waals surface area (Å²) in [5, 5.41) is 12.2. The zero-order chi connectivity index (χ0) is 10.6. The van der Waals surface area contributed by atoms with E-state index in [2.05, 4.69) is 18.8 Å². The molecule has 0 aromatic rings. The molecular formula is C12H25NO. The van der Waals surface area contributed by atoms with Crippen molar-refractivity contribution >= 4 is 0 Å². The molecule has 2 nitrogen and oxygen atoms in total. The van der Waals surface area contributed by atoms with Crippen LogP contribution in [0.4, 0.5) is 0 Å². The summed E-state index contributed by atoms with van der Waals surface area (Å²) < 4.78 is 0. The monoisotopic (exact) mass is 199 g/mol. The Bertz CT molecular complexity index is 134. The Balaban J connectivity index is 2.88. The summed E-state index contributed by atoms with van der Waals surface area (Å²) in [5.74, 6) is 0.328. The molecule has 2 heteroatoms. The number of rotatable bonds is 10. The molecule has 0 atom stereocenters. The predicted molar refractivity (Wildman–Crippen MR) is 62.6 cm³/mol. The van der Waals surface area contributed by atoms with Gasteiger partial charge in [-0.15, -0.1) is 0 Å². The first-order chi connectivity index (χ1) is 6.77. The first kappa shape index (κ1) is 13.5. The average Bonchev–Trinajstić information content (AvgIpc) is 2.15. The van der Waals surface area contributed by atoms with Gasteiger partial charge in [0.15, 0.2) is 0 Å². The molecule has 14 heavy (non-hydrogen) atoms. The number of aliphatic hydroxyl groups excluding tert-OH is 1. The fourth-order valence-corrected chi connectivity index (χ4v) is 1.41. The fraction of sp³-hybridized carbons (Fsp3) is 0.833. The minimum Gasteiger partial charge on any atom is -0.513 e. The lowest BCUT2D eigenvalue weighted by atomic mass is 10.1. The molecule has 0 saturated carbocycles. The molecule has 0 aliphatic carbocycles. The molecule has 0 unspecified atom stereocenters. The SMILES string of the molecule is C=C(O)CCCCCCCNCCC. The van der Waals surface area contributed by atoms with Gasteiger partial charge in [-0.25, -0.2) is 0 Å². The van der Waals surface area contributed by atoms with E-state index in [9.17, 15) is 0 Å². The van der Waals surface area contributed by atoms with E-state index in [4.69, 9.17) is 5.11 Å². The second-order valence-corrected chi connectivity index (χ2v) is 3.83. The molecule has 2 N–H and O–H groups in total. The van der Waals surface area contributed by atoms with Crippen LogP contribution >= 0.6 is 0 Å². The van der Waals surface area contributed by atoms with Gasteiger partial charge in [0, 0.05) is 6.42 Å². The lowest BCUT2D eigenvalue weighted by molar-refractivity contribution is 0.383. The number of allylic oxidation sites excluding steroid dienone is 1. The quantitative estimate of drug-likeness (QED) is 0.417. The van der Waals surface area contributed by atoms with Gasteiger partial charge in [0.1, 0.15) is 0 Å². The number of nitrogens with one attached hydrogen (secondary N) is 1. The van der Waals surface area contributed by atoms with Crippen LogP contribution in [0.3, 0.4) is 0 Å². The lowest BCUT2D eigenvalue weighted by Crippen LogP contribution is -2.15. The van der Waals surface area contributed by atoms with Crippen molar-refractivity contribution in [3.05, 3.63) is 12.3 Å². The molecule has 0 bridgehead atoms. The molecule has 0 aliphatic rings. The minimum absolute atomic E-state index is 0.328. The summed E-state index contributed by atoms with van der Waals surface area (Å²) in [6.07, 6.45) is 8.15. The fourth-order valence-electron chi connectivity index (χ4n) is 1.41. The molecular weight excluding hydrogens is 174 g/mol. The number of unbranched alkanes of at least 4 members (excludes halogenated alkanes) is 4. The van der Waals surface area contributed by atoms with E-state index in [1.807, 2.05) is 0 Å². The van der Waals surface area contributed by atoms with E-state index in [1.54, 1.807) is 0 Å². The molecule has 84 valence electrons. The highest BCUT2D eigenvalue weighted by Gasteiger charge is 1.92. The van der Waals surface area contributed by atoms with Crippen LogP contribution in [0.2, 0.25) is 0 Å². The van der Waals surface area contributed by atoms with E-state index in [-0.39, 0.29) is 0 Å². The molecule has 0 aromatic carbocycles. The van der Waals surface area contributed by atoms with Gasteiger partial charge >= 0.3 is 0 Å². The van der Waals surface area contributed by atoms with E-state index in [1.165, 1.54) is 32.1 Å². The third-order valence-electron chi connectivity index (χ3n) is 2.25. The standard InChI is InChI=1S/C12H25NO/c1-3-10-13-11-8-6-4-5-7-9-12(2)14/h13-14H,2-11H2,1H3. The lowest BCUT2D eigenvalue weighted by Gasteiger charge is -2.03. The zero-order valence-corrected chi connectivity index (χ0v) is 9.52. The van der Waals surface area contributed by atoms with Crippen LogP contribution in [0.25, 0.3) is 0 Å². The van der Waals surface area contributed by atoms with Crippen LogP contribution in [0.15, 0.2) is 12.3 Å². The maximum atomic E-state index is 8.85. The Morgan fingerprint density at radius 2 is 1.71 bits per heavy atom. The average molecular weight is 199 g/mol. The maximum Gasteiger partial charge on any atom is 0.0851 e. The molecule has 0 heterocycles. The van der Waals surface area contributed by atoms with E-state index < -0.39 is 0 Å². The Kier molecular flexibility index (Phi) is 10.2. The number of hydrogen-bond acceptors (Lipinski definition) is 2. The summed E-state index contributed by atoms with van der Waals surface area (Å²) in [5.41, 5.74) is 0. The largest absolute Gasteiger partial charge is 0.513 e. The highest BCUT2D eigenvalue weighted by atomic mass is 16.3. The molecule has 0 saturated heterocycles. The highest BCUT2D eigenvalue weighted by molar-refractivity contribution is 4.77. The Morgan fingerprint density at radius 1 is 1.07 bits per heavy atom. The van der Waals surface area contributed by atoms with Crippen LogP contribution in [-0.4, -0.2) is 18.2 Å². The number of hydrogen-bond donors (Lipinski definition) is 2. The first-order valence-corrected chi connectivity index (χ1v) is 5.84. The van der Waals surface area contributed by atoms with Crippen molar-refractivity contribution < 1.29 is 5.11 Å². The summed E-state index contributed by atoms with van der Waals surface area (Å²) in [6.45, 7) is 7.95. The predicted octanol–water partition coefficient (Wildman–Crippen LogP) is 3.40. The Hall–Kier alpha value is -0.500. The van der Waals surface area contributed by atoms with Crippen molar-refractivity contribution in [2.75, 3.05) is 13.1 Å². The summed E-state index contributed by atoms with van der Waals surface area (Å²) in [4.78, 5) is 0. The Labute approximate surface area is 88.4 Å². The maximum absolute atomic E-state index is 8.85. The minimum atomic E-state index is 0.328. The van der Waals surface area contributed by atoms with Gasteiger partial charge in [-0.3, -0.25) is 0 Å². The molecule has 0 aliphatic heterocycles. The smallest absolute Gasteiger partial charge is 0.0851 e. The third-order valence-corrected chi connectivity index (χ3v) is 2.25. The van der Waals surface area contributed by atoms with Crippen molar-refractivity contribution in [1.29, 1.82) is 0 Å². The summed E-state index contributed by atoms with van der Waals surface area (Å²) in [6, 6.07) is 0. The molecule has 0 fully saturated rings. The normalized spacial score (nSPS) is 10.4. The zero-order valence-electron chi connectivity index (χ0n) is 9.52. The van der Waals surface area contributed by atoms with E-state index in [0.29, 0.717) is 5.76 Å². The third kappa shape index (κ3) is 11.5. The summed E-state index contributed by atoms with van der Waals surface area (Å²) >= 11 is 0.